The summed E-state index contributed by atoms with van der Waals surface area (Å²) in [6.45, 7) is 4.76. The van der Waals surface area contributed by atoms with Gasteiger partial charge >= 0.3 is 0 Å². The first kappa shape index (κ1) is 17.6. The van der Waals surface area contributed by atoms with Gasteiger partial charge in [0, 0.05) is 54.1 Å². The van der Waals surface area contributed by atoms with Gasteiger partial charge in [0.1, 0.15) is 0 Å². The Morgan fingerprint density at radius 2 is 1.62 bits per heavy atom. The lowest BCUT2D eigenvalue weighted by Crippen LogP contribution is -2.48. The molecule has 0 radical (unpaired) electrons. The maximum Gasteiger partial charge on any atom is 0.0760 e. The smallest absolute Gasteiger partial charge is 0.0760 e. The van der Waals surface area contributed by atoms with Crippen LogP contribution in [-0.4, -0.2) is 54.6 Å². The molecule has 5 heteroatoms. The lowest BCUT2D eigenvalue weighted by Gasteiger charge is -2.36. The summed E-state index contributed by atoms with van der Waals surface area (Å²) in [5.74, 6) is 0.709. The summed E-state index contributed by atoms with van der Waals surface area (Å²) >= 11 is 7.57. The number of hydrogen-bond donors (Lipinski definition) is 1. The van der Waals surface area contributed by atoms with E-state index in [1.54, 1.807) is 11.8 Å². The zero-order chi connectivity index (χ0) is 16.8. The minimum atomic E-state index is -0.311. The van der Waals surface area contributed by atoms with Crippen molar-refractivity contribution in [3.63, 3.8) is 0 Å². The molecule has 0 unspecified atom stereocenters. The number of halogens is 1. The van der Waals surface area contributed by atoms with E-state index >= 15 is 0 Å². The second-order valence-electron chi connectivity index (χ2n) is 6.04. The Balaban J connectivity index is 1.40. The van der Waals surface area contributed by atoms with E-state index in [1.165, 1.54) is 5.69 Å². The molecule has 1 atom stereocenters. The molecule has 1 heterocycles. The monoisotopic (exact) mass is 362 g/mol. The molecule has 0 amide bonds. The van der Waals surface area contributed by atoms with Gasteiger partial charge in [-0.25, -0.2) is 0 Å². The normalized spacial score (nSPS) is 17.0. The summed E-state index contributed by atoms with van der Waals surface area (Å²) in [6, 6.07) is 18.3. The van der Waals surface area contributed by atoms with E-state index in [4.69, 9.17) is 11.6 Å². The SMILES string of the molecule is O[C@H](CSc1ccc(Cl)cc1)CN1CCN(c2ccccc2)CC1. The average Bonchev–Trinajstić information content (AvgIpc) is 2.63. The van der Waals surface area contributed by atoms with Crippen molar-refractivity contribution in [2.75, 3.05) is 43.4 Å². The predicted octanol–water partition coefficient (Wildman–Crippen LogP) is 3.62. The number of piperazine rings is 1. The van der Waals surface area contributed by atoms with Gasteiger partial charge in [-0.05, 0) is 36.4 Å². The van der Waals surface area contributed by atoms with Crippen LogP contribution in [0.2, 0.25) is 5.02 Å². The number of benzene rings is 2. The molecule has 1 aliphatic rings. The number of para-hydroxylation sites is 1. The quantitative estimate of drug-likeness (QED) is 0.794. The Morgan fingerprint density at radius 3 is 2.29 bits per heavy atom. The number of rotatable bonds is 6. The van der Waals surface area contributed by atoms with Crippen LogP contribution in [-0.2, 0) is 0 Å². The second-order valence-corrected chi connectivity index (χ2v) is 7.57. The van der Waals surface area contributed by atoms with Crippen LogP contribution in [0.3, 0.4) is 0 Å². The maximum absolute atomic E-state index is 10.3. The van der Waals surface area contributed by atoms with Gasteiger partial charge in [0.05, 0.1) is 6.10 Å². The number of aliphatic hydroxyl groups is 1. The van der Waals surface area contributed by atoms with Crippen LogP contribution in [0.25, 0.3) is 0 Å². The zero-order valence-electron chi connectivity index (χ0n) is 13.6. The fourth-order valence-electron chi connectivity index (χ4n) is 2.90. The molecule has 1 fully saturated rings. The molecule has 0 bridgehead atoms. The van der Waals surface area contributed by atoms with Crippen molar-refractivity contribution in [3.05, 3.63) is 59.6 Å². The first-order valence-corrected chi connectivity index (χ1v) is 9.66. The molecule has 2 aromatic rings. The van der Waals surface area contributed by atoms with Crippen molar-refractivity contribution in [2.45, 2.75) is 11.0 Å². The Bertz CT molecular complexity index is 615. The first-order valence-electron chi connectivity index (χ1n) is 8.29. The standard InChI is InChI=1S/C19H23ClN2OS/c20-16-6-8-19(9-7-16)24-15-18(23)14-21-10-12-22(13-11-21)17-4-2-1-3-5-17/h1-9,18,23H,10-15H2/t18-/m0/s1. The Hall–Kier alpha value is -1.20. The highest BCUT2D eigenvalue weighted by Crippen LogP contribution is 2.21. The van der Waals surface area contributed by atoms with Gasteiger partial charge in [0.15, 0.2) is 0 Å². The van der Waals surface area contributed by atoms with Crippen molar-refractivity contribution < 1.29 is 5.11 Å². The van der Waals surface area contributed by atoms with Crippen LogP contribution in [0.15, 0.2) is 59.5 Å². The Labute approximate surface area is 153 Å². The van der Waals surface area contributed by atoms with Crippen molar-refractivity contribution in [1.82, 2.24) is 4.90 Å². The molecule has 0 aliphatic carbocycles. The van der Waals surface area contributed by atoms with Gasteiger partial charge in [-0.15, -0.1) is 11.8 Å². The van der Waals surface area contributed by atoms with Gasteiger partial charge < -0.3 is 10.0 Å². The topological polar surface area (TPSA) is 26.7 Å². The van der Waals surface area contributed by atoms with Crippen LogP contribution in [0.4, 0.5) is 5.69 Å². The van der Waals surface area contributed by atoms with Gasteiger partial charge in [-0.3, -0.25) is 4.90 Å². The molecule has 3 nitrogen and oxygen atoms in total. The van der Waals surface area contributed by atoms with Crippen LogP contribution in [0, 0.1) is 0 Å². The Kier molecular flexibility index (Phi) is 6.44. The van der Waals surface area contributed by atoms with Gasteiger partial charge in [-0.1, -0.05) is 29.8 Å². The summed E-state index contributed by atoms with van der Waals surface area (Å²) in [7, 11) is 0. The van der Waals surface area contributed by atoms with Crippen LogP contribution in [0.1, 0.15) is 0 Å². The minimum absolute atomic E-state index is 0.311. The molecule has 1 aliphatic heterocycles. The first-order chi connectivity index (χ1) is 11.7. The molecule has 24 heavy (non-hydrogen) atoms. The van der Waals surface area contributed by atoms with Crippen molar-refractivity contribution in [2.24, 2.45) is 0 Å². The highest BCUT2D eigenvalue weighted by Gasteiger charge is 2.19. The number of aliphatic hydroxyl groups excluding tert-OH is 1. The fourth-order valence-corrected chi connectivity index (χ4v) is 3.85. The zero-order valence-corrected chi connectivity index (χ0v) is 15.2. The molecule has 0 saturated carbocycles. The third-order valence-electron chi connectivity index (χ3n) is 4.22. The van der Waals surface area contributed by atoms with Gasteiger partial charge in [-0.2, -0.15) is 0 Å². The maximum atomic E-state index is 10.3. The third-order valence-corrected chi connectivity index (χ3v) is 5.63. The van der Waals surface area contributed by atoms with Crippen LogP contribution in [0.5, 0.6) is 0 Å². The van der Waals surface area contributed by atoms with Crippen LogP contribution >= 0.6 is 23.4 Å². The molecular weight excluding hydrogens is 340 g/mol. The lowest BCUT2D eigenvalue weighted by molar-refractivity contribution is 0.126. The van der Waals surface area contributed by atoms with E-state index in [2.05, 4.69) is 40.1 Å². The van der Waals surface area contributed by atoms with Gasteiger partial charge in [0.25, 0.3) is 0 Å². The van der Waals surface area contributed by atoms with E-state index in [0.717, 1.165) is 42.6 Å². The van der Waals surface area contributed by atoms with E-state index in [9.17, 15) is 5.11 Å². The minimum Gasteiger partial charge on any atom is -0.391 e. The number of nitrogens with zero attached hydrogens (tertiary/aromatic N) is 2. The third kappa shape index (κ3) is 5.15. The molecule has 3 rings (SSSR count). The fraction of sp³-hybridized carbons (Fsp3) is 0.368. The highest BCUT2D eigenvalue weighted by molar-refractivity contribution is 7.99. The summed E-state index contributed by atoms with van der Waals surface area (Å²) in [6.07, 6.45) is -0.311. The number of β-amino-alcohol motifs (C(OH)–C–C–N with tert-alkyl or cyclic N) is 1. The second kappa shape index (κ2) is 8.77. The molecule has 128 valence electrons. The lowest BCUT2D eigenvalue weighted by atomic mass is 10.2. The number of thioether (sulfide) groups is 1. The molecular formula is C19H23ClN2OS. The number of anilines is 1. The van der Waals surface area contributed by atoms with E-state index in [-0.39, 0.29) is 6.10 Å². The summed E-state index contributed by atoms with van der Waals surface area (Å²) in [5.41, 5.74) is 1.29. The summed E-state index contributed by atoms with van der Waals surface area (Å²) < 4.78 is 0. The van der Waals surface area contributed by atoms with Crippen molar-refractivity contribution in [1.29, 1.82) is 0 Å². The van der Waals surface area contributed by atoms with Crippen molar-refractivity contribution in [3.8, 4) is 0 Å². The molecule has 1 N–H and O–H groups in total. The molecule has 0 spiro atoms. The molecule has 1 saturated heterocycles. The van der Waals surface area contributed by atoms with Crippen molar-refractivity contribution >= 4 is 29.1 Å². The number of hydrogen-bond acceptors (Lipinski definition) is 4. The summed E-state index contributed by atoms with van der Waals surface area (Å²) in [5, 5.41) is 11.0. The molecule has 0 aromatic heterocycles. The largest absolute Gasteiger partial charge is 0.391 e. The highest BCUT2D eigenvalue weighted by atomic mass is 35.5. The van der Waals surface area contributed by atoms with Crippen LogP contribution < -0.4 is 4.90 Å². The van der Waals surface area contributed by atoms with Gasteiger partial charge in [0.2, 0.25) is 0 Å². The van der Waals surface area contributed by atoms with E-state index < -0.39 is 0 Å². The summed E-state index contributed by atoms with van der Waals surface area (Å²) in [4.78, 5) is 5.91. The van der Waals surface area contributed by atoms with E-state index in [1.807, 2.05) is 24.3 Å². The van der Waals surface area contributed by atoms with E-state index in [0.29, 0.717) is 5.75 Å². The Morgan fingerprint density at radius 1 is 0.958 bits per heavy atom. The molecule has 2 aromatic carbocycles. The predicted molar refractivity (Wildman–Crippen MR) is 103 cm³/mol. The average molecular weight is 363 g/mol.